The molecule has 2 N–H and O–H groups in total. The Morgan fingerprint density at radius 2 is 1.97 bits per heavy atom. The van der Waals surface area contributed by atoms with E-state index in [1.54, 1.807) is 13.0 Å². The number of hydrogen-bond acceptors (Lipinski definition) is 4. The number of hydrogen-bond donors (Lipinski definition) is 2. The molecule has 0 spiro atoms. The van der Waals surface area contributed by atoms with Gasteiger partial charge in [-0.25, -0.2) is 4.39 Å². The molecule has 3 fully saturated rings. The summed E-state index contributed by atoms with van der Waals surface area (Å²) >= 11 is 4.03. The van der Waals surface area contributed by atoms with Crippen molar-refractivity contribution >= 4 is 56.7 Å². The molecule has 8 atom stereocenters. The Morgan fingerprint density at radius 3 is 2.59 bits per heavy atom. The summed E-state index contributed by atoms with van der Waals surface area (Å²) in [4.78, 5) is 25.0. The van der Waals surface area contributed by atoms with Crippen LogP contribution < -0.4 is 0 Å². The summed E-state index contributed by atoms with van der Waals surface area (Å²) in [6.07, 6.45) is 4.90. The Bertz CT molecular complexity index is 841. The third-order valence-corrected chi connectivity index (χ3v) is 9.93. The van der Waals surface area contributed by atoms with E-state index < -0.39 is 36.1 Å². The molecule has 3 saturated carbocycles. The molecule has 4 aliphatic carbocycles. The van der Waals surface area contributed by atoms with E-state index in [2.05, 4.69) is 0 Å². The van der Waals surface area contributed by atoms with Crippen LogP contribution in [-0.4, -0.2) is 41.1 Å². The Morgan fingerprint density at radius 1 is 1.31 bits per heavy atom. The summed E-state index contributed by atoms with van der Waals surface area (Å²) in [5, 5.41) is 23.0. The predicted molar refractivity (Wildman–Crippen MR) is 125 cm³/mol. The number of aliphatic hydroxyl groups is 2. The number of ketones is 2. The van der Waals surface area contributed by atoms with Gasteiger partial charge in [-0.1, -0.05) is 70.7 Å². The van der Waals surface area contributed by atoms with Crippen LogP contribution in [0.4, 0.5) is 4.39 Å². The fourth-order valence-corrected chi connectivity index (χ4v) is 8.19. The van der Waals surface area contributed by atoms with Gasteiger partial charge in [0.2, 0.25) is 0 Å². The van der Waals surface area contributed by atoms with E-state index >= 15 is 4.39 Å². The molecule has 4 aliphatic rings. The lowest BCUT2D eigenvalue weighted by atomic mass is 9.44. The molecule has 0 amide bonds. The monoisotopic (exact) mass is 628 g/mol. The fraction of sp³-hybridized carbons (Fsp3) is 0.727. The van der Waals surface area contributed by atoms with Gasteiger partial charge in [-0.3, -0.25) is 9.59 Å². The summed E-state index contributed by atoms with van der Waals surface area (Å²) in [5.41, 5.74) is -4.71. The highest BCUT2D eigenvalue weighted by Crippen LogP contribution is 2.70. The van der Waals surface area contributed by atoms with Crippen molar-refractivity contribution < 1.29 is 24.2 Å². The number of carbonyl (C=O) groups excluding carboxylic acids is 2. The molecule has 0 aromatic carbocycles. The molecule has 0 aromatic heterocycles. The second-order valence-corrected chi connectivity index (χ2v) is 14.7. The normalized spacial score (nSPS) is 51.3. The molecule has 0 unspecified atom stereocenters. The standard InChI is InChI=1S/C22H27FI2O4/c1-11-8-15-14-5-4-12-9-13(26)6-7-19(12,2)21(14,23)16(27)10-20(15,3)22(11,29)17(28)18(24)25/h6-7,9,11,14-16,18,27,29H,4-5,8,10H2,1-3H3/t11-,14-,15-,16-,19-,20-,21-,22-/m0/s1. The number of fused-ring (bicyclic) bond motifs is 5. The van der Waals surface area contributed by atoms with Crippen molar-refractivity contribution in [2.24, 2.45) is 28.6 Å². The molecule has 4 nitrogen and oxygen atoms in total. The number of Topliss-reactive ketones (excluding diaryl/α,β-unsaturated/α-hetero) is 1. The van der Waals surface area contributed by atoms with Crippen LogP contribution in [0.2, 0.25) is 0 Å². The quantitative estimate of drug-likeness (QED) is 0.357. The highest BCUT2D eigenvalue weighted by atomic mass is 127. The van der Waals surface area contributed by atoms with Crippen LogP contribution in [0.5, 0.6) is 0 Å². The van der Waals surface area contributed by atoms with Gasteiger partial charge in [-0.05, 0) is 56.6 Å². The highest BCUT2D eigenvalue weighted by molar-refractivity contribution is 14.2. The van der Waals surface area contributed by atoms with Crippen molar-refractivity contribution in [3.05, 3.63) is 23.8 Å². The van der Waals surface area contributed by atoms with Gasteiger partial charge in [0, 0.05) is 16.7 Å². The van der Waals surface area contributed by atoms with Gasteiger partial charge >= 0.3 is 0 Å². The first kappa shape index (κ1) is 22.3. The second-order valence-electron chi connectivity index (χ2n) is 9.83. The van der Waals surface area contributed by atoms with Gasteiger partial charge in [0.25, 0.3) is 0 Å². The molecule has 29 heavy (non-hydrogen) atoms. The van der Waals surface area contributed by atoms with Crippen LogP contribution in [0, 0.1) is 28.6 Å². The van der Waals surface area contributed by atoms with E-state index in [4.69, 9.17) is 0 Å². The SMILES string of the molecule is C[C@H]1C[C@H]2[C@@H]3CCC4=CC(=O)C=C[C@]4(C)[C@@]3(F)[C@@H](O)C[C@]2(C)[C@@]1(O)C(=O)C(I)I. The molecule has 0 heterocycles. The van der Waals surface area contributed by atoms with Crippen LogP contribution in [0.15, 0.2) is 23.8 Å². The zero-order valence-corrected chi connectivity index (χ0v) is 21.1. The van der Waals surface area contributed by atoms with Gasteiger partial charge in [-0.2, -0.15) is 0 Å². The van der Waals surface area contributed by atoms with Gasteiger partial charge in [0.05, 0.1) is 6.10 Å². The largest absolute Gasteiger partial charge is 0.390 e. The lowest BCUT2D eigenvalue weighted by molar-refractivity contribution is -0.218. The maximum absolute atomic E-state index is 17.0. The second kappa shape index (κ2) is 6.81. The molecule has 0 bridgehead atoms. The lowest BCUT2D eigenvalue weighted by Gasteiger charge is -2.62. The van der Waals surface area contributed by atoms with Gasteiger partial charge in [-0.15, -0.1) is 0 Å². The van der Waals surface area contributed by atoms with Gasteiger partial charge in [0.15, 0.2) is 17.2 Å². The third kappa shape index (κ3) is 2.59. The molecule has 0 saturated heterocycles. The predicted octanol–water partition coefficient (Wildman–Crippen LogP) is 4.10. The van der Waals surface area contributed by atoms with Crippen LogP contribution >= 0.6 is 45.2 Å². The average molecular weight is 628 g/mol. The van der Waals surface area contributed by atoms with Crippen LogP contribution in [0.1, 0.15) is 46.5 Å². The zero-order valence-electron chi connectivity index (χ0n) is 16.8. The first-order valence-electron chi connectivity index (χ1n) is 10.2. The van der Waals surface area contributed by atoms with Crippen molar-refractivity contribution in [2.45, 2.75) is 65.8 Å². The molecule has 4 rings (SSSR count). The minimum Gasteiger partial charge on any atom is -0.390 e. The molecule has 0 aromatic rings. The molecular formula is C22H27FI2O4. The number of aliphatic hydroxyl groups excluding tert-OH is 1. The highest BCUT2D eigenvalue weighted by Gasteiger charge is 2.75. The minimum absolute atomic E-state index is 0.0297. The number of alkyl halides is 3. The Hall–Kier alpha value is 0.130. The third-order valence-electron chi connectivity index (χ3n) is 8.80. The first-order valence-corrected chi connectivity index (χ1v) is 12.7. The van der Waals surface area contributed by atoms with Gasteiger partial charge in [0.1, 0.15) is 7.53 Å². The molecule has 0 aliphatic heterocycles. The number of allylic oxidation sites excluding steroid dienone is 4. The lowest BCUT2D eigenvalue weighted by Crippen LogP contribution is -2.69. The number of halogens is 3. The van der Waals surface area contributed by atoms with Crippen LogP contribution in [0.3, 0.4) is 0 Å². The van der Waals surface area contributed by atoms with Gasteiger partial charge < -0.3 is 10.2 Å². The maximum atomic E-state index is 17.0. The average Bonchev–Trinajstić information content (AvgIpc) is 2.84. The Kier molecular flexibility index (Phi) is 5.25. The minimum atomic E-state index is -1.93. The molecule has 7 heteroatoms. The van der Waals surface area contributed by atoms with E-state index in [0.29, 0.717) is 19.3 Å². The Balaban J connectivity index is 1.83. The topological polar surface area (TPSA) is 74.6 Å². The maximum Gasteiger partial charge on any atom is 0.187 e. The van der Waals surface area contributed by atoms with E-state index in [0.717, 1.165) is 5.57 Å². The van der Waals surface area contributed by atoms with E-state index in [-0.39, 0.29) is 29.8 Å². The zero-order chi connectivity index (χ0) is 21.6. The van der Waals surface area contributed by atoms with E-state index in [1.807, 2.05) is 59.0 Å². The van der Waals surface area contributed by atoms with Crippen LogP contribution in [0.25, 0.3) is 0 Å². The Labute approximate surface area is 198 Å². The first-order chi connectivity index (χ1) is 13.3. The molecular weight excluding hydrogens is 601 g/mol. The van der Waals surface area contributed by atoms with Crippen molar-refractivity contribution in [1.82, 2.24) is 0 Å². The molecule has 160 valence electrons. The summed E-state index contributed by atoms with van der Waals surface area (Å²) < 4.78 is 16.6. The van der Waals surface area contributed by atoms with Crippen molar-refractivity contribution in [3.8, 4) is 0 Å². The summed E-state index contributed by atoms with van der Waals surface area (Å²) in [5.74, 6) is -1.38. The number of rotatable bonds is 2. The fourth-order valence-electron chi connectivity index (χ4n) is 7.24. The van der Waals surface area contributed by atoms with Crippen molar-refractivity contribution in [1.29, 1.82) is 0 Å². The smallest absolute Gasteiger partial charge is 0.187 e. The van der Waals surface area contributed by atoms with E-state index in [9.17, 15) is 19.8 Å². The van der Waals surface area contributed by atoms with Crippen molar-refractivity contribution in [3.63, 3.8) is 0 Å². The molecule has 0 radical (unpaired) electrons. The summed E-state index contributed by atoms with van der Waals surface area (Å²) in [7, 11) is 0. The number of carbonyl (C=O) groups is 2. The van der Waals surface area contributed by atoms with Crippen molar-refractivity contribution in [2.75, 3.05) is 0 Å². The van der Waals surface area contributed by atoms with E-state index in [1.165, 1.54) is 12.2 Å². The summed E-state index contributed by atoms with van der Waals surface area (Å²) in [6.45, 7) is 5.52. The van der Waals surface area contributed by atoms with Crippen LogP contribution in [-0.2, 0) is 9.59 Å². The summed E-state index contributed by atoms with van der Waals surface area (Å²) in [6, 6.07) is 0.